The number of rotatable bonds is 3. The third-order valence-corrected chi connectivity index (χ3v) is 7.02. The van der Waals surface area contributed by atoms with Crippen LogP contribution >= 0.6 is 0 Å². The molecular weight excluding hydrogens is 374 g/mol. The van der Waals surface area contributed by atoms with Crippen molar-refractivity contribution in [2.75, 3.05) is 18.0 Å². The van der Waals surface area contributed by atoms with Gasteiger partial charge in [0, 0.05) is 31.4 Å². The molecule has 0 aromatic carbocycles. The summed E-state index contributed by atoms with van der Waals surface area (Å²) in [6.07, 6.45) is 10.8. The Morgan fingerprint density at radius 3 is 2.37 bits per heavy atom. The van der Waals surface area contributed by atoms with Crippen LogP contribution in [0.3, 0.4) is 0 Å². The summed E-state index contributed by atoms with van der Waals surface area (Å²) in [7, 11) is 0. The van der Waals surface area contributed by atoms with Crippen molar-refractivity contribution in [1.82, 2.24) is 14.8 Å². The highest BCUT2D eigenvalue weighted by Gasteiger charge is 2.25. The molecule has 0 atom stereocenters. The van der Waals surface area contributed by atoms with Gasteiger partial charge in [-0.3, -0.25) is 4.79 Å². The Kier molecular flexibility index (Phi) is 5.28. The van der Waals surface area contributed by atoms with E-state index >= 15 is 0 Å². The number of nitriles is 1. The lowest BCUT2D eigenvalue weighted by Gasteiger charge is -2.34. The van der Waals surface area contributed by atoms with E-state index in [0.717, 1.165) is 75.1 Å². The number of pyridine rings is 1. The van der Waals surface area contributed by atoms with Crippen molar-refractivity contribution in [3.63, 3.8) is 0 Å². The molecule has 5 rings (SSSR count). The van der Waals surface area contributed by atoms with Crippen molar-refractivity contribution in [3.8, 4) is 6.07 Å². The van der Waals surface area contributed by atoms with Crippen LogP contribution < -0.4 is 10.5 Å². The molecule has 2 aliphatic carbocycles. The third kappa shape index (κ3) is 3.74. The number of aromatic nitrogens is 3. The molecule has 0 unspecified atom stereocenters. The molecule has 2 aromatic rings. The van der Waals surface area contributed by atoms with Crippen LogP contribution in [-0.4, -0.2) is 27.9 Å². The zero-order valence-electron chi connectivity index (χ0n) is 17.6. The van der Waals surface area contributed by atoms with Gasteiger partial charge in [-0.2, -0.15) is 10.4 Å². The van der Waals surface area contributed by atoms with E-state index in [-0.39, 0.29) is 5.56 Å². The lowest BCUT2D eigenvalue weighted by atomic mass is 9.93. The molecule has 6 heteroatoms. The number of hydrogen-bond donors (Lipinski definition) is 0. The highest BCUT2D eigenvalue weighted by Crippen LogP contribution is 2.29. The Balaban J connectivity index is 1.28. The maximum Gasteiger partial charge on any atom is 0.267 e. The van der Waals surface area contributed by atoms with Crippen LogP contribution in [0.5, 0.6) is 0 Å². The van der Waals surface area contributed by atoms with Gasteiger partial charge in [-0.1, -0.05) is 0 Å². The molecule has 0 spiro atoms. The number of hydrogen-bond acceptors (Lipinski definition) is 5. The maximum atomic E-state index is 12.5. The summed E-state index contributed by atoms with van der Waals surface area (Å²) in [6, 6.07) is 6.25. The monoisotopic (exact) mass is 403 g/mol. The van der Waals surface area contributed by atoms with Crippen LogP contribution in [0, 0.1) is 17.2 Å². The summed E-state index contributed by atoms with van der Waals surface area (Å²) in [5, 5.41) is 14.4. The van der Waals surface area contributed by atoms with Crippen molar-refractivity contribution in [1.29, 1.82) is 5.26 Å². The average molecular weight is 404 g/mol. The zero-order valence-corrected chi connectivity index (χ0v) is 17.6. The highest BCUT2D eigenvalue weighted by molar-refractivity contribution is 5.56. The Labute approximate surface area is 177 Å². The van der Waals surface area contributed by atoms with Crippen molar-refractivity contribution in [3.05, 3.63) is 50.6 Å². The molecule has 1 aliphatic heterocycles. The second-order valence-electron chi connectivity index (χ2n) is 9.06. The minimum absolute atomic E-state index is 0.0428. The Morgan fingerprint density at radius 1 is 0.967 bits per heavy atom. The van der Waals surface area contributed by atoms with E-state index in [9.17, 15) is 10.1 Å². The van der Waals surface area contributed by atoms with Crippen molar-refractivity contribution in [2.45, 2.75) is 70.8 Å². The largest absolute Gasteiger partial charge is 0.355 e. The van der Waals surface area contributed by atoms with Gasteiger partial charge in [0.25, 0.3) is 5.56 Å². The smallest absolute Gasteiger partial charge is 0.267 e. The minimum atomic E-state index is 0.0428. The molecule has 6 nitrogen and oxygen atoms in total. The predicted molar refractivity (Wildman–Crippen MR) is 116 cm³/mol. The summed E-state index contributed by atoms with van der Waals surface area (Å²) < 4.78 is 1.70. The Bertz CT molecular complexity index is 1040. The van der Waals surface area contributed by atoms with Crippen molar-refractivity contribution < 1.29 is 0 Å². The predicted octanol–water partition coefficient (Wildman–Crippen LogP) is 3.18. The molecule has 3 heterocycles. The lowest BCUT2D eigenvalue weighted by molar-refractivity contribution is 0.331. The summed E-state index contributed by atoms with van der Waals surface area (Å²) in [4.78, 5) is 19.7. The van der Waals surface area contributed by atoms with Crippen LogP contribution in [0.1, 0.15) is 66.6 Å². The quantitative estimate of drug-likeness (QED) is 0.787. The van der Waals surface area contributed by atoms with E-state index in [0.29, 0.717) is 18.0 Å². The first-order valence-electron chi connectivity index (χ1n) is 11.5. The summed E-state index contributed by atoms with van der Waals surface area (Å²) in [5.74, 6) is 1.30. The molecular formula is C24H29N5O. The third-order valence-electron chi connectivity index (χ3n) is 7.02. The first-order valence-corrected chi connectivity index (χ1v) is 11.5. The summed E-state index contributed by atoms with van der Waals surface area (Å²) >= 11 is 0. The standard InChI is InChI=1S/C24H29N5O/c25-15-20-13-18-5-1-3-7-21(18)26-24(20)28-11-9-17(10-12-28)16-29-23(30)14-19-6-2-4-8-22(19)27-29/h13-14,17H,1-12,16H2. The SMILES string of the molecule is N#Cc1cc2c(nc1N1CCC(Cn3nc4c(cc3=O)CCCC4)CC1)CCCC2. The summed E-state index contributed by atoms with van der Waals surface area (Å²) in [6.45, 7) is 2.46. The van der Waals surface area contributed by atoms with Gasteiger partial charge in [-0.25, -0.2) is 9.67 Å². The zero-order chi connectivity index (χ0) is 20.5. The molecule has 1 saturated heterocycles. The minimum Gasteiger partial charge on any atom is -0.355 e. The van der Waals surface area contributed by atoms with Crippen LogP contribution in [0.2, 0.25) is 0 Å². The fourth-order valence-corrected chi connectivity index (χ4v) is 5.25. The van der Waals surface area contributed by atoms with Gasteiger partial charge < -0.3 is 4.90 Å². The molecule has 30 heavy (non-hydrogen) atoms. The van der Waals surface area contributed by atoms with Gasteiger partial charge in [0.15, 0.2) is 0 Å². The molecule has 3 aliphatic rings. The van der Waals surface area contributed by atoms with E-state index in [2.05, 4.69) is 17.0 Å². The van der Waals surface area contributed by atoms with Gasteiger partial charge in [0.05, 0.1) is 11.3 Å². The second kappa shape index (κ2) is 8.22. The lowest BCUT2D eigenvalue weighted by Crippen LogP contribution is -2.38. The van der Waals surface area contributed by atoms with E-state index in [1.54, 1.807) is 4.68 Å². The molecule has 2 aromatic heterocycles. The van der Waals surface area contributed by atoms with E-state index in [4.69, 9.17) is 10.1 Å². The fourth-order valence-electron chi connectivity index (χ4n) is 5.25. The number of anilines is 1. The fraction of sp³-hybridized carbons (Fsp3) is 0.583. The molecule has 1 fully saturated rings. The normalized spacial score (nSPS) is 19.1. The Hall–Kier alpha value is -2.68. The first kappa shape index (κ1) is 19.3. The number of aryl methyl sites for hydroxylation is 4. The van der Waals surface area contributed by atoms with E-state index in [1.807, 2.05) is 6.07 Å². The van der Waals surface area contributed by atoms with Gasteiger partial charge in [-0.15, -0.1) is 0 Å². The van der Waals surface area contributed by atoms with Crippen LogP contribution in [0.15, 0.2) is 16.9 Å². The van der Waals surface area contributed by atoms with E-state index < -0.39 is 0 Å². The maximum absolute atomic E-state index is 12.5. The molecule has 0 radical (unpaired) electrons. The molecule has 156 valence electrons. The number of piperidine rings is 1. The highest BCUT2D eigenvalue weighted by atomic mass is 16.1. The van der Waals surface area contributed by atoms with Crippen LogP contribution in [0.25, 0.3) is 0 Å². The molecule has 0 amide bonds. The van der Waals surface area contributed by atoms with E-state index in [1.165, 1.54) is 30.5 Å². The topological polar surface area (TPSA) is 74.8 Å². The van der Waals surface area contributed by atoms with Gasteiger partial charge >= 0.3 is 0 Å². The van der Waals surface area contributed by atoms with Crippen molar-refractivity contribution >= 4 is 5.82 Å². The Morgan fingerprint density at radius 2 is 1.63 bits per heavy atom. The van der Waals surface area contributed by atoms with Gasteiger partial charge in [0.2, 0.25) is 0 Å². The average Bonchev–Trinajstić information content (AvgIpc) is 2.79. The van der Waals surface area contributed by atoms with Crippen LogP contribution in [-0.2, 0) is 32.2 Å². The molecule has 0 saturated carbocycles. The van der Waals surface area contributed by atoms with Crippen molar-refractivity contribution in [2.24, 2.45) is 5.92 Å². The van der Waals surface area contributed by atoms with Gasteiger partial charge in [0.1, 0.15) is 11.9 Å². The second-order valence-corrected chi connectivity index (χ2v) is 9.06. The first-order chi connectivity index (χ1) is 14.7. The summed E-state index contributed by atoms with van der Waals surface area (Å²) in [5.41, 5.74) is 5.47. The molecule has 0 bridgehead atoms. The number of nitrogens with zero attached hydrogens (tertiary/aromatic N) is 5. The molecule has 0 N–H and O–H groups in total. The van der Waals surface area contributed by atoms with Gasteiger partial charge in [-0.05, 0) is 87.3 Å². The number of fused-ring (bicyclic) bond motifs is 2. The van der Waals surface area contributed by atoms with Crippen LogP contribution in [0.4, 0.5) is 5.82 Å².